The van der Waals surface area contributed by atoms with Gasteiger partial charge in [0.1, 0.15) is 6.10 Å². The minimum Gasteiger partial charge on any atom is -0.379 e. The Hall–Kier alpha value is -0.870. The van der Waals surface area contributed by atoms with E-state index in [-0.39, 0.29) is 30.1 Å². The van der Waals surface area contributed by atoms with Crippen LogP contribution in [0, 0.1) is 5.92 Å². The topological polar surface area (TPSA) is 63.9 Å². The highest BCUT2D eigenvalue weighted by Crippen LogP contribution is 2.28. The molecule has 2 heterocycles. The molecular weight excluding hydrogens is 421 g/mol. The number of aryl methyl sites for hydroxylation is 1. The van der Waals surface area contributed by atoms with E-state index in [1.807, 2.05) is 31.2 Å². The van der Waals surface area contributed by atoms with Crippen molar-refractivity contribution >= 4 is 29.9 Å². The van der Waals surface area contributed by atoms with Crippen molar-refractivity contribution in [2.75, 3.05) is 46.5 Å². The van der Waals surface area contributed by atoms with Crippen LogP contribution >= 0.6 is 24.0 Å². The van der Waals surface area contributed by atoms with Crippen LogP contribution in [0.4, 0.5) is 0 Å². The molecule has 0 spiro atoms. The van der Waals surface area contributed by atoms with Crippen LogP contribution in [0.25, 0.3) is 0 Å². The van der Waals surface area contributed by atoms with Gasteiger partial charge in [0, 0.05) is 45.6 Å². The Bertz CT molecular complexity index is 532. The average Bonchev–Trinajstić information content (AvgIpc) is 3.30. The lowest BCUT2D eigenvalue weighted by molar-refractivity contribution is -0.00815. The van der Waals surface area contributed by atoms with Crippen molar-refractivity contribution in [1.82, 2.24) is 20.0 Å². The van der Waals surface area contributed by atoms with E-state index in [0.717, 1.165) is 50.3 Å². The van der Waals surface area contributed by atoms with E-state index in [1.54, 1.807) is 0 Å². The summed E-state index contributed by atoms with van der Waals surface area (Å²) >= 11 is 0. The molecule has 0 aromatic carbocycles. The van der Waals surface area contributed by atoms with Crippen molar-refractivity contribution in [3.63, 3.8) is 0 Å². The van der Waals surface area contributed by atoms with Gasteiger partial charge in [0.05, 0.1) is 26.0 Å². The molecule has 1 unspecified atom stereocenters. The number of halogens is 1. The summed E-state index contributed by atoms with van der Waals surface area (Å²) in [6, 6.07) is 0. The zero-order chi connectivity index (χ0) is 16.1. The highest BCUT2D eigenvalue weighted by atomic mass is 127. The van der Waals surface area contributed by atoms with E-state index >= 15 is 0 Å². The van der Waals surface area contributed by atoms with Crippen molar-refractivity contribution in [3.8, 4) is 0 Å². The largest absolute Gasteiger partial charge is 0.379 e. The summed E-state index contributed by atoms with van der Waals surface area (Å²) in [5, 5.41) is 7.61. The second-order valence-electron chi connectivity index (χ2n) is 6.25. The third-order valence-corrected chi connectivity index (χ3v) is 4.25. The lowest BCUT2D eigenvalue weighted by Crippen LogP contribution is -2.48. The summed E-state index contributed by atoms with van der Waals surface area (Å²) in [5.41, 5.74) is 1.11. The normalized spacial score (nSPS) is 21.5. The predicted molar refractivity (Wildman–Crippen MR) is 104 cm³/mol. The maximum atomic E-state index is 5.88. The van der Waals surface area contributed by atoms with Gasteiger partial charge in [0.2, 0.25) is 0 Å². The van der Waals surface area contributed by atoms with Gasteiger partial charge in [0.25, 0.3) is 0 Å². The summed E-state index contributed by atoms with van der Waals surface area (Å²) in [7, 11) is 3.74. The Balaban J connectivity index is 0.00000208. The van der Waals surface area contributed by atoms with E-state index in [1.165, 1.54) is 12.8 Å². The molecule has 24 heavy (non-hydrogen) atoms. The third-order valence-electron chi connectivity index (χ3n) is 4.25. The molecule has 1 N–H and O–H groups in total. The van der Waals surface area contributed by atoms with Crippen molar-refractivity contribution in [2.45, 2.75) is 18.9 Å². The summed E-state index contributed by atoms with van der Waals surface area (Å²) in [5.74, 6) is 1.73. The number of hydrogen-bond donors (Lipinski definition) is 1. The number of rotatable bonds is 6. The minimum atomic E-state index is 0. The number of guanidine groups is 1. The zero-order valence-corrected chi connectivity index (χ0v) is 16.8. The number of morpholine rings is 1. The molecule has 0 amide bonds. The van der Waals surface area contributed by atoms with Gasteiger partial charge in [-0.25, -0.2) is 0 Å². The summed E-state index contributed by atoms with van der Waals surface area (Å²) in [6.07, 6.45) is 6.59. The first-order valence-electron chi connectivity index (χ1n) is 8.39. The van der Waals surface area contributed by atoms with E-state index in [4.69, 9.17) is 9.47 Å². The molecule has 1 aromatic rings. The molecule has 136 valence electrons. The van der Waals surface area contributed by atoms with Crippen LogP contribution < -0.4 is 5.32 Å². The molecule has 2 aliphatic rings. The maximum absolute atomic E-state index is 5.88. The average molecular weight is 449 g/mol. The van der Waals surface area contributed by atoms with Gasteiger partial charge in [0.15, 0.2) is 5.96 Å². The third kappa shape index (κ3) is 5.59. The number of aliphatic imine (C=N–C) groups is 1. The molecule has 0 bridgehead atoms. The van der Waals surface area contributed by atoms with Crippen LogP contribution in [-0.4, -0.2) is 67.1 Å². The molecule has 1 aliphatic carbocycles. The van der Waals surface area contributed by atoms with E-state index in [2.05, 4.69) is 20.3 Å². The van der Waals surface area contributed by atoms with Gasteiger partial charge >= 0.3 is 0 Å². The van der Waals surface area contributed by atoms with Crippen molar-refractivity contribution in [3.05, 3.63) is 18.0 Å². The Labute approximate surface area is 160 Å². The summed E-state index contributed by atoms with van der Waals surface area (Å²) in [4.78, 5) is 6.63. The predicted octanol–water partition coefficient (Wildman–Crippen LogP) is 1.41. The van der Waals surface area contributed by atoms with Crippen molar-refractivity contribution in [2.24, 2.45) is 18.0 Å². The smallest absolute Gasteiger partial charge is 0.193 e. The Morgan fingerprint density at radius 3 is 3.00 bits per heavy atom. The zero-order valence-electron chi connectivity index (χ0n) is 14.5. The quantitative estimate of drug-likeness (QED) is 0.308. The Morgan fingerprint density at radius 1 is 1.50 bits per heavy atom. The van der Waals surface area contributed by atoms with E-state index in [9.17, 15) is 0 Å². The second kappa shape index (κ2) is 9.57. The van der Waals surface area contributed by atoms with Gasteiger partial charge in [-0.1, -0.05) is 0 Å². The lowest BCUT2D eigenvalue weighted by atomic mass is 10.1. The van der Waals surface area contributed by atoms with Crippen LogP contribution in [0.15, 0.2) is 17.4 Å². The maximum Gasteiger partial charge on any atom is 0.193 e. The minimum absolute atomic E-state index is 0. The Kier molecular flexibility index (Phi) is 7.76. The summed E-state index contributed by atoms with van der Waals surface area (Å²) < 4.78 is 13.3. The number of ether oxygens (including phenoxy) is 2. The van der Waals surface area contributed by atoms with Crippen molar-refractivity contribution in [1.29, 1.82) is 0 Å². The lowest BCUT2D eigenvalue weighted by Gasteiger charge is -2.34. The highest BCUT2D eigenvalue weighted by molar-refractivity contribution is 14.0. The van der Waals surface area contributed by atoms with Gasteiger partial charge in [-0.15, -0.1) is 24.0 Å². The van der Waals surface area contributed by atoms with Gasteiger partial charge in [-0.05, 0) is 18.8 Å². The molecular formula is C16H28IN5O2. The van der Waals surface area contributed by atoms with Crippen LogP contribution in [-0.2, 0) is 16.5 Å². The second-order valence-corrected chi connectivity index (χ2v) is 6.25. The fraction of sp³-hybridized carbons (Fsp3) is 0.750. The number of aromatic nitrogens is 2. The molecule has 7 nitrogen and oxygen atoms in total. The molecule has 2 fully saturated rings. The monoisotopic (exact) mass is 449 g/mol. The molecule has 1 atom stereocenters. The summed E-state index contributed by atoms with van der Waals surface area (Å²) in [6.45, 7) is 4.74. The fourth-order valence-electron chi connectivity index (χ4n) is 2.75. The number of nitrogens with zero attached hydrogens (tertiary/aromatic N) is 4. The van der Waals surface area contributed by atoms with E-state index < -0.39 is 0 Å². The fourth-order valence-corrected chi connectivity index (χ4v) is 2.75. The first-order valence-corrected chi connectivity index (χ1v) is 8.39. The van der Waals surface area contributed by atoms with Gasteiger partial charge in [-0.3, -0.25) is 9.67 Å². The van der Waals surface area contributed by atoms with Crippen LogP contribution in [0.3, 0.4) is 0 Å². The molecule has 1 aromatic heterocycles. The molecule has 1 saturated carbocycles. The van der Waals surface area contributed by atoms with Crippen LogP contribution in [0.2, 0.25) is 0 Å². The highest BCUT2D eigenvalue weighted by Gasteiger charge is 2.25. The van der Waals surface area contributed by atoms with Crippen LogP contribution in [0.1, 0.15) is 24.5 Å². The first kappa shape index (κ1) is 19.5. The standard InChI is InChI=1S/C16H27N5O2.HI/c1-17-16(18-5-7-22-12-13-3-4-13)21-6-8-23-15(11-21)14-9-19-20(2)10-14;/h9-10,13,15H,3-8,11-12H2,1-2H3,(H,17,18);1H. The molecule has 1 aliphatic heterocycles. The first-order chi connectivity index (χ1) is 11.3. The van der Waals surface area contributed by atoms with Gasteiger partial charge < -0.3 is 19.7 Å². The number of hydrogen-bond acceptors (Lipinski definition) is 4. The Morgan fingerprint density at radius 2 is 2.33 bits per heavy atom. The van der Waals surface area contributed by atoms with E-state index in [0.29, 0.717) is 6.61 Å². The van der Waals surface area contributed by atoms with Gasteiger partial charge in [-0.2, -0.15) is 5.10 Å². The van der Waals surface area contributed by atoms with Crippen molar-refractivity contribution < 1.29 is 9.47 Å². The molecule has 8 heteroatoms. The molecule has 1 saturated heterocycles. The molecule has 3 rings (SSSR count). The van der Waals surface area contributed by atoms with Crippen LogP contribution in [0.5, 0.6) is 0 Å². The molecule has 0 radical (unpaired) electrons. The SMILES string of the molecule is CN=C(NCCOCC1CC1)N1CCOC(c2cnn(C)c2)C1.I. The number of nitrogens with one attached hydrogen (secondary N) is 1.